The third-order valence-corrected chi connectivity index (χ3v) is 5.71. The van der Waals surface area contributed by atoms with Gasteiger partial charge in [0.15, 0.2) is 5.96 Å². The highest BCUT2D eigenvalue weighted by Gasteiger charge is 2.39. The van der Waals surface area contributed by atoms with E-state index in [9.17, 15) is 0 Å². The number of hydrogen-bond acceptors (Lipinski definition) is 5. The first kappa shape index (κ1) is 23.4. The lowest BCUT2D eigenvalue weighted by atomic mass is 9.88. The van der Waals surface area contributed by atoms with Crippen molar-refractivity contribution in [3.63, 3.8) is 0 Å². The van der Waals surface area contributed by atoms with Crippen molar-refractivity contribution in [2.75, 3.05) is 39.9 Å². The van der Waals surface area contributed by atoms with Crippen molar-refractivity contribution in [2.45, 2.75) is 64.0 Å². The molecule has 0 amide bonds. The highest BCUT2D eigenvalue weighted by atomic mass is 127. The van der Waals surface area contributed by atoms with Crippen molar-refractivity contribution < 1.29 is 9.15 Å². The molecule has 2 fully saturated rings. The van der Waals surface area contributed by atoms with Crippen molar-refractivity contribution >= 4 is 29.9 Å². The molecule has 0 aromatic carbocycles. The van der Waals surface area contributed by atoms with Crippen molar-refractivity contribution in [1.29, 1.82) is 0 Å². The fraction of sp³-hybridized carbons (Fsp3) is 0.800. The Balaban J connectivity index is 0.00000280. The van der Waals surface area contributed by atoms with Crippen LogP contribution in [0.25, 0.3) is 0 Å². The van der Waals surface area contributed by atoms with Crippen molar-refractivity contribution in [1.82, 2.24) is 20.5 Å². The standard InChI is InChI=1S/C20H35N5O2.HI/c1-19(2,3)16-13-22-17(27-16)14-23-18(21-4)24-15-20(7-11-26-12-8-20)25-9-5-6-10-25;/h13H,5-12,14-15H2,1-4H3,(H2,21,23,24);1H. The maximum atomic E-state index is 5.86. The Morgan fingerprint density at radius 1 is 1.21 bits per heavy atom. The average Bonchev–Trinajstić information content (AvgIpc) is 3.34. The van der Waals surface area contributed by atoms with Crippen molar-refractivity contribution in [3.05, 3.63) is 17.8 Å². The van der Waals surface area contributed by atoms with Crippen LogP contribution in [-0.2, 0) is 16.7 Å². The quantitative estimate of drug-likeness (QED) is 0.364. The number of nitrogens with one attached hydrogen (secondary N) is 2. The molecule has 0 spiro atoms. The number of nitrogens with zero attached hydrogens (tertiary/aromatic N) is 3. The monoisotopic (exact) mass is 505 g/mol. The summed E-state index contributed by atoms with van der Waals surface area (Å²) in [5.41, 5.74) is 0.144. The molecule has 0 radical (unpaired) electrons. The van der Waals surface area contributed by atoms with Gasteiger partial charge in [-0.25, -0.2) is 4.98 Å². The number of hydrogen-bond donors (Lipinski definition) is 2. The van der Waals surface area contributed by atoms with Gasteiger partial charge in [0, 0.05) is 37.8 Å². The summed E-state index contributed by atoms with van der Waals surface area (Å²) < 4.78 is 11.5. The molecule has 3 heterocycles. The van der Waals surface area contributed by atoms with Gasteiger partial charge in [-0.3, -0.25) is 9.89 Å². The molecule has 1 aromatic heterocycles. The highest BCUT2D eigenvalue weighted by Crippen LogP contribution is 2.30. The van der Waals surface area contributed by atoms with Crippen LogP contribution in [0.3, 0.4) is 0 Å². The van der Waals surface area contributed by atoms with Crippen LogP contribution in [0.15, 0.2) is 15.6 Å². The van der Waals surface area contributed by atoms with E-state index in [2.05, 4.69) is 46.3 Å². The Hall–Kier alpha value is -0.870. The number of halogens is 1. The van der Waals surface area contributed by atoms with Crippen LogP contribution in [0.5, 0.6) is 0 Å². The number of aromatic nitrogens is 1. The third-order valence-electron chi connectivity index (χ3n) is 5.71. The summed E-state index contributed by atoms with van der Waals surface area (Å²) in [5.74, 6) is 2.37. The van der Waals surface area contributed by atoms with E-state index in [-0.39, 0.29) is 34.9 Å². The van der Waals surface area contributed by atoms with Crippen LogP contribution >= 0.6 is 24.0 Å². The minimum atomic E-state index is -0.0314. The topological polar surface area (TPSA) is 74.9 Å². The van der Waals surface area contributed by atoms with E-state index in [0.717, 1.165) is 44.3 Å². The maximum absolute atomic E-state index is 5.86. The normalized spacial score (nSPS) is 20.6. The predicted molar refractivity (Wildman–Crippen MR) is 122 cm³/mol. The molecule has 28 heavy (non-hydrogen) atoms. The Morgan fingerprint density at radius 2 is 1.89 bits per heavy atom. The second-order valence-corrected chi connectivity index (χ2v) is 8.68. The lowest BCUT2D eigenvalue weighted by Crippen LogP contribution is -2.58. The van der Waals surface area contributed by atoms with E-state index >= 15 is 0 Å². The Labute approximate surface area is 186 Å². The van der Waals surface area contributed by atoms with E-state index in [4.69, 9.17) is 9.15 Å². The molecular weight excluding hydrogens is 469 g/mol. The first-order valence-electron chi connectivity index (χ1n) is 10.2. The second kappa shape index (κ2) is 10.2. The van der Waals surface area contributed by atoms with Crippen LogP contribution in [-0.4, -0.2) is 61.3 Å². The molecule has 0 bridgehead atoms. The Kier molecular flexibility index (Phi) is 8.57. The Bertz CT molecular complexity index is 629. The molecule has 2 saturated heterocycles. The molecule has 8 heteroatoms. The zero-order chi connectivity index (χ0) is 19.3. The molecule has 1 aromatic rings. The van der Waals surface area contributed by atoms with E-state index in [1.54, 1.807) is 7.05 Å². The van der Waals surface area contributed by atoms with Gasteiger partial charge in [-0.15, -0.1) is 24.0 Å². The van der Waals surface area contributed by atoms with Gasteiger partial charge >= 0.3 is 0 Å². The summed E-state index contributed by atoms with van der Waals surface area (Å²) in [7, 11) is 1.80. The van der Waals surface area contributed by atoms with Crippen LogP contribution in [0.2, 0.25) is 0 Å². The first-order chi connectivity index (χ1) is 12.9. The van der Waals surface area contributed by atoms with Gasteiger partial charge in [0.05, 0.1) is 12.7 Å². The molecule has 0 saturated carbocycles. The lowest BCUT2D eigenvalue weighted by Gasteiger charge is -2.45. The molecule has 2 N–H and O–H groups in total. The number of oxazole rings is 1. The van der Waals surface area contributed by atoms with Crippen molar-refractivity contribution in [2.24, 2.45) is 4.99 Å². The van der Waals surface area contributed by atoms with Gasteiger partial charge < -0.3 is 19.8 Å². The molecule has 7 nitrogen and oxygen atoms in total. The summed E-state index contributed by atoms with van der Waals surface area (Å²) in [6, 6.07) is 0. The number of guanidine groups is 1. The smallest absolute Gasteiger partial charge is 0.213 e. The van der Waals surface area contributed by atoms with E-state index in [0.29, 0.717) is 12.4 Å². The van der Waals surface area contributed by atoms with Crippen molar-refractivity contribution in [3.8, 4) is 0 Å². The zero-order valence-electron chi connectivity index (χ0n) is 17.7. The Morgan fingerprint density at radius 3 is 2.46 bits per heavy atom. The molecule has 2 aliphatic heterocycles. The lowest BCUT2D eigenvalue weighted by molar-refractivity contribution is -0.0164. The molecule has 160 valence electrons. The predicted octanol–water partition coefficient (Wildman–Crippen LogP) is 2.90. The fourth-order valence-electron chi connectivity index (χ4n) is 3.91. The van der Waals surface area contributed by atoms with E-state index < -0.39 is 0 Å². The molecule has 0 atom stereocenters. The number of ether oxygens (including phenoxy) is 1. The van der Waals surface area contributed by atoms with Crippen LogP contribution in [0.1, 0.15) is 58.1 Å². The second-order valence-electron chi connectivity index (χ2n) is 8.68. The minimum Gasteiger partial charge on any atom is -0.443 e. The van der Waals surface area contributed by atoms with Gasteiger partial charge in [0.1, 0.15) is 5.76 Å². The van der Waals surface area contributed by atoms with E-state index in [1.165, 1.54) is 25.9 Å². The van der Waals surface area contributed by atoms with Gasteiger partial charge in [0.25, 0.3) is 0 Å². The largest absolute Gasteiger partial charge is 0.443 e. The molecule has 3 rings (SSSR count). The SMILES string of the molecule is CN=C(NCc1ncc(C(C)(C)C)o1)NCC1(N2CCCC2)CCOCC1.I. The summed E-state index contributed by atoms with van der Waals surface area (Å²) in [6.07, 6.45) is 6.57. The first-order valence-corrected chi connectivity index (χ1v) is 10.2. The maximum Gasteiger partial charge on any atom is 0.213 e. The van der Waals surface area contributed by atoms with Gasteiger partial charge in [0.2, 0.25) is 5.89 Å². The molecule has 2 aliphatic rings. The fourth-order valence-corrected chi connectivity index (χ4v) is 3.91. The molecular formula is C20H36IN5O2. The number of likely N-dealkylation sites (tertiary alicyclic amines) is 1. The average molecular weight is 505 g/mol. The summed E-state index contributed by atoms with van der Waals surface area (Å²) in [5, 5.41) is 6.87. The molecule has 0 aliphatic carbocycles. The van der Waals surface area contributed by atoms with Gasteiger partial charge in [-0.2, -0.15) is 0 Å². The summed E-state index contributed by atoms with van der Waals surface area (Å²) in [6.45, 7) is 11.8. The van der Waals surface area contributed by atoms with Gasteiger partial charge in [-0.1, -0.05) is 20.8 Å². The zero-order valence-corrected chi connectivity index (χ0v) is 20.0. The van der Waals surface area contributed by atoms with Gasteiger partial charge in [-0.05, 0) is 38.8 Å². The highest BCUT2D eigenvalue weighted by molar-refractivity contribution is 14.0. The van der Waals surface area contributed by atoms with Crippen LogP contribution in [0.4, 0.5) is 0 Å². The summed E-state index contributed by atoms with van der Waals surface area (Å²) in [4.78, 5) is 11.4. The number of rotatable bonds is 5. The molecule has 0 unspecified atom stereocenters. The summed E-state index contributed by atoms with van der Waals surface area (Å²) >= 11 is 0. The van der Waals surface area contributed by atoms with Crippen LogP contribution < -0.4 is 10.6 Å². The number of aliphatic imine (C=N–C) groups is 1. The van der Waals surface area contributed by atoms with Crippen LogP contribution in [0, 0.1) is 0 Å². The third kappa shape index (κ3) is 5.82. The minimum absolute atomic E-state index is 0. The van der Waals surface area contributed by atoms with E-state index in [1.807, 2.05) is 6.20 Å².